The summed E-state index contributed by atoms with van der Waals surface area (Å²) < 4.78 is 0. The molecule has 1 unspecified atom stereocenters. The van der Waals surface area contributed by atoms with Crippen molar-refractivity contribution in [1.29, 1.82) is 0 Å². The molecule has 1 aromatic rings. The third-order valence-electron chi connectivity index (χ3n) is 2.79. The molecule has 1 heterocycles. The van der Waals surface area contributed by atoms with Crippen LogP contribution in [0, 0.1) is 19.8 Å². The summed E-state index contributed by atoms with van der Waals surface area (Å²) in [7, 11) is 0. The molecule has 1 N–H and O–H groups in total. The standard InChI is InChI=1S/C13H24N2S/c1-9(2)6-7-10(3)14-8-13-11(4)16-12(5)15-13/h9-10,14H,6-8H2,1-5H3. The highest BCUT2D eigenvalue weighted by Gasteiger charge is 2.07. The Morgan fingerprint density at radius 2 is 1.88 bits per heavy atom. The third-order valence-corrected chi connectivity index (χ3v) is 3.72. The SMILES string of the molecule is Cc1nc(CNC(C)CCC(C)C)c(C)s1. The van der Waals surface area contributed by atoms with Crippen molar-refractivity contribution in [1.82, 2.24) is 10.3 Å². The first kappa shape index (κ1) is 13.7. The highest BCUT2D eigenvalue weighted by Crippen LogP contribution is 2.16. The molecule has 0 saturated heterocycles. The maximum absolute atomic E-state index is 4.53. The van der Waals surface area contributed by atoms with Gasteiger partial charge in [0.25, 0.3) is 0 Å². The Morgan fingerprint density at radius 1 is 1.19 bits per heavy atom. The van der Waals surface area contributed by atoms with E-state index in [0.717, 1.165) is 12.5 Å². The van der Waals surface area contributed by atoms with Crippen molar-refractivity contribution in [2.24, 2.45) is 5.92 Å². The number of rotatable bonds is 6. The number of hydrogen-bond acceptors (Lipinski definition) is 3. The van der Waals surface area contributed by atoms with E-state index in [1.165, 1.54) is 28.4 Å². The molecule has 0 radical (unpaired) electrons. The summed E-state index contributed by atoms with van der Waals surface area (Å²) in [5.74, 6) is 0.799. The summed E-state index contributed by atoms with van der Waals surface area (Å²) in [5.41, 5.74) is 1.22. The average molecular weight is 240 g/mol. The van der Waals surface area contributed by atoms with E-state index in [4.69, 9.17) is 0 Å². The molecule has 3 heteroatoms. The molecule has 1 atom stereocenters. The average Bonchev–Trinajstić information content (AvgIpc) is 2.51. The van der Waals surface area contributed by atoms with Gasteiger partial charge in [0.15, 0.2) is 0 Å². The normalized spacial score (nSPS) is 13.4. The third kappa shape index (κ3) is 4.62. The fourth-order valence-electron chi connectivity index (χ4n) is 1.69. The zero-order valence-electron chi connectivity index (χ0n) is 11.1. The minimum atomic E-state index is 0.587. The molecule has 0 fully saturated rings. The van der Waals surface area contributed by atoms with Gasteiger partial charge in [-0.15, -0.1) is 11.3 Å². The summed E-state index contributed by atoms with van der Waals surface area (Å²) in [4.78, 5) is 5.88. The Morgan fingerprint density at radius 3 is 2.38 bits per heavy atom. The van der Waals surface area contributed by atoms with Crippen LogP contribution in [-0.4, -0.2) is 11.0 Å². The number of aryl methyl sites for hydroxylation is 2. The van der Waals surface area contributed by atoms with Gasteiger partial charge in [0.05, 0.1) is 10.7 Å². The zero-order chi connectivity index (χ0) is 12.1. The number of aromatic nitrogens is 1. The number of nitrogens with one attached hydrogen (secondary N) is 1. The number of nitrogens with zero attached hydrogens (tertiary/aromatic N) is 1. The van der Waals surface area contributed by atoms with Gasteiger partial charge in [0.1, 0.15) is 0 Å². The lowest BCUT2D eigenvalue weighted by Gasteiger charge is -2.14. The molecule has 0 saturated carbocycles. The van der Waals surface area contributed by atoms with Crippen LogP contribution in [0.25, 0.3) is 0 Å². The lowest BCUT2D eigenvalue weighted by Crippen LogP contribution is -2.26. The van der Waals surface area contributed by atoms with E-state index in [1.807, 2.05) is 0 Å². The van der Waals surface area contributed by atoms with Gasteiger partial charge in [-0.25, -0.2) is 4.98 Å². The van der Waals surface area contributed by atoms with Crippen molar-refractivity contribution in [3.8, 4) is 0 Å². The molecule has 0 aliphatic heterocycles. The summed E-state index contributed by atoms with van der Waals surface area (Å²) in [6.45, 7) is 12.0. The quantitative estimate of drug-likeness (QED) is 0.820. The molecule has 0 spiro atoms. The van der Waals surface area contributed by atoms with E-state index >= 15 is 0 Å². The summed E-state index contributed by atoms with van der Waals surface area (Å²) in [5, 5.41) is 4.72. The van der Waals surface area contributed by atoms with Crippen LogP contribution >= 0.6 is 11.3 Å². The Bertz CT molecular complexity index is 318. The number of thiazole rings is 1. The van der Waals surface area contributed by atoms with E-state index in [-0.39, 0.29) is 0 Å². The molecule has 92 valence electrons. The Kier molecular flexibility index (Phi) is 5.42. The highest BCUT2D eigenvalue weighted by atomic mass is 32.1. The second-order valence-corrected chi connectivity index (χ2v) is 6.40. The van der Waals surface area contributed by atoms with E-state index in [0.29, 0.717) is 6.04 Å². The second-order valence-electron chi connectivity index (χ2n) is 4.99. The lowest BCUT2D eigenvalue weighted by molar-refractivity contribution is 0.448. The first-order chi connectivity index (χ1) is 7.49. The van der Waals surface area contributed by atoms with Crippen LogP contribution in [0.1, 0.15) is 49.2 Å². The fourth-order valence-corrected chi connectivity index (χ4v) is 2.53. The highest BCUT2D eigenvalue weighted by molar-refractivity contribution is 7.11. The minimum Gasteiger partial charge on any atom is -0.309 e. The molecule has 2 nitrogen and oxygen atoms in total. The largest absolute Gasteiger partial charge is 0.309 e. The second kappa shape index (κ2) is 6.36. The van der Waals surface area contributed by atoms with E-state index in [1.54, 1.807) is 11.3 Å². The smallest absolute Gasteiger partial charge is 0.0900 e. The van der Waals surface area contributed by atoms with Gasteiger partial charge in [0.2, 0.25) is 0 Å². The van der Waals surface area contributed by atoms with Crippen molar-refractivity contribution < 1.29 is 0 Å². The van der Waals surface area contributed by atoms with Crippen molar-refractivity contribution in [2.45, 2.75) is 60.0 Å². The van der Waals surface area contributed by atoms with Crippen LogP contribution in [-0.2, 0) is 6.54 Å². The van der Waals surface area contributed by atoms with Crippen molar-refractivity contribution in [3.05, 3.63) is 15.6 Å². The molecular weight excluding hydrogens is 216 g/mol. The Hall–Kier alpha value is -0.410. The van der Waals surface area contributed by atoms with Gasteiger partial charge >= 0.3 is 0 Å². The molecule has 1 aromatic heterocycles. The minimum absolute atomic E-state index is 0.587. The first-order valence-corrected chi connectivity index (χ1v) is 6.97. The van der Waals surface area contributed by atoms with Crippen LogP contribution in [0.4, 0.5) is 0 Å². The van der Waals surface area contributed by atoms with Crippen LogP contribution in [0.15, 0.2) is 0 Å². The van der Waals surface area contributed by atoms with Gasteiger partial charge in [0, 0.05) is 17.5 Å². The van der Waals surface area contributed by atoms with Crippen LogP contribution in [0.5, 0.6) is 0 Å². The van der Waals surface area contributed by atoms with E-state index in [2.05, 4.69) is 44.9 Å². The van der Waals surface area contributed by atoms with Crippen molar-refractivity contribution in [3.63, 3.8) is 0 Å². The summed E-state index contributed by atoms with van der Waals surface area (Å²) in [6.07, 6.45) is 2.54. The van der Waals surface area contributed by atoms with Gasteiger partial charge in [-0.3, -0.25) is 0 Å². The molecular formula is C13H24N2S. The lowest BCUT2D eigenvalue weighted by atomic mass is 10.0. The zero-order valence-corrected chi connectivity index (χ0v) is 11.9. The van der Waals surface area contributed by atoms with Crippen LogP contribution in [0.2, 0.25) is 0 Å². The van der Waals surface area contributed by atoms with E-state index < -0.39 is 0 Å². The molecule has 0 aromatic carbocycles. The number of hydrogen-bond donors (Lipinski definition) is 1. The molecule has 0 amide bonds. The molecule has 16 heavy (non-hydrogen) atoms. The topological polar surface area (TPSA) is 24.9 Å². The monoisotopic (exact) mass is 240 g/mol. The fraction of sp³-hybridized carbons (Fsp3) is 0.769. The van der Waals surface area contributed by atoms with Gasteiger partial charge in [-0.1, -0.05) is 13.8 Å². The summed E-state index contributed by atoms with van der Waals surface area (Å²) >= 11 is 1.79. The first-order valence-electron chi connectivity index (χ1n) is 6.15. The Labute approximate surface area is 103 Å². The molecule has 1 rings (SSSR count). The maximum atomic E-state index is 4.53. The molecule has 0 aliphatic rings. The van der Waals surface area contributed by atoms with E-state index in [9.17, 15) is 0 Å². The molecule has 0 bridgehead atoms. The predicted octanol–water partition coefficient (Wildman–Crippen LogP) is 3.67. The van der Waals surface area contributed by atoms with Crippen molar-refractivity contribution >= 4 is 11.3 Å². The molecule has 0 aliphatic carbocycles. The van der Waals surface area contributed by atoms with Gasteiger partial charge in [-0.2, -0.15) is 0 Å². The van der Waals surface area contributed by atoms with Crippen LogP contribution < -0.4 is 5.32 Å². The predicted molar refractivity (Wildman–Crippen MR) is 72.0 cm³/mol. The summed E-state index contributed by atoms with van der Waals surface area (Å²) in [6, 6.07) is 0.587. The Balaban J connectivity index is 2.31. The van der Waals surface area contributed by atoms with Gasteiger partial charge < -0.3 is 5.32 Å². The van der Waals surface area contributed by atoms with Crippen LogP contribution in [0.3, 0.4) is 0 Å². The maximum Gasteiger partial charge on any atom is 0.0900 e. The van der Waals surface area contributed by atoms with Gasteiger partial charge in [-0.05, 0) is 39.5 Å². The van der Waals surface area contributed by atoms with Crippen molar-refractivity contribution in [2.75, 3.05) is 0 Å².